The van der Waals surface area contributed by atoms with Crippen molar-refractivity contribution in [3.05, 3.63) is 65.2 Å². The number of rotatable bonds is 12. The predicted octanol–water partition coefficient (Wildman–Crippen LogP) is 3.45. The van der Waals surface area contributed by atoms with E-state index in [9.17, 15) is 24.0 Å². The zero-order valence-corrected chi connectivity index (χ0v) is 21.9. The monoisotopic (exact) mass is 528 g/mol. The fourth-order valence-electron chi connectivity index (χ4n) is 3.89. The largest absolute Gasteiger partial charge is 0.497 e. The highest BCUT2D eigenvalue weighted by atomic mass is 32.2. The van der Waals surface area contributed by atoms with Gasteiger partial charge in [-0.05, 0) is 55.5 Å². The molecule has 0 aromatic heterocycles. The van der Waals surface area contributed by atoms with Gasteiger partial charge in [0.2, 0.25) is 5.91 Å². The molecule has 0 saturated heterocycles. The van der Waals surface area contributed by atoms with Crippen LogP contribution in [0.5, 0.6) is 5.75 Å². The van der Waals surface area contributed by atoms with Crippen molar-refractivity contribution >= 4 is 52.1 Å². The highest BCUT2D eigenvalue weighted by Gasteiger charge is 2.35. The van der Waals surface area contributed by atoms with Gasteiger partial charge in [-0.15, -0.1) is 0 Å². The number of amides is 3. The van der Waals surface area contributed by atoms with Crippen LogP contribution in [-0.4, -0.2) is 70.5 Å². The summed E-state index contributed by atoms with van der Waals surface area (Å²) < 4.78 is 5.13. The summed E-state index contributed by atoms with van der Waals surface area (Å²) in [5.74, 6) is -0.408. The van der Waals surface area contributed by atoms with Crippen LogP contribution in [0.4, 0.5) is 0 Å². The summed E-state index contributed by atoms with van der Waals surface area (Å²) in [6, 6.07) is 12.5. The third-order valence-electron chi connectivity index (χ3n) is 5.67. The molecule has 10 heteroatoms. The zero-order chi connectivity index (χ0) is 26.2. The number of ketones is 1. The van der Waals surface area contributed by atoms with E-state index in [-0.39, 0.29) is 35.7 Å². The van der Waals surface area contributed by atoms with Crippen LogP contribution in [-0.2, 0) is 9.59 Å². The van der Waals surface area contributed by atoms with Gasteiger partial charge in [-0.2, -0.15) is 11.8 Å². The van der Waals surface area contributed by atoms with Crippen LogP contribution in [0.25, 0.3) is 0 Å². The first-order valence-electron chi connectivity index (χ1n) is 11.4. The zero-order valence-electron chi connectivity index (χ0n) is 20.3. The molecule has 2 atom stereocenters. The number of nitrogens with zero attached hydrogens (tertiary/aromatic N) is 1. The maximum Gasteiger partial charge on any atom is 0.261 e. The van der Waals surface area contributed by atoms with E-state index in [1.54, 1.807) is 48.5 Å². The highest BCUT2D eigenvalue weighted by molar-refractivity contribution is 8.14. The maximum absolute atomic E-state index is 13.1. The molecule has 0 bridgehead atoms. The van der Waals surface area contributed by atoms with E-state index in [4.69, 9.17) is 4.74 Å². The molecule has 1 aliphatic rings. The maximum atomic E-state index is 13.1. The minimum atomic E-state index is -0.771. The standard InChI is InChI=1S/C26H28N2O6S2/c1-16(29)36-22(9-6-14-28-25(32)19-7-4-5-8-20(19)26(28)33)24(31)27-21(15-35-3)23(30)17-10-12-18(34-2)13-11-17/h4-5,7-8,10-13,21-22H,6,9,14-15H2,1-3H3,(H,27,31)/t21-,22-/m0/s1. The molecule has 1 heterocycles. The van der Waals surface area contributed by atoms with E-state index < -0.39 is 17.2 Å². The van der Waals surface area contributed by atoms with Crippen molar-refractivity contribution in [2.45, 2.75) is 31.1 Å². The summed E-state index contributed by atoms with van der Waals surface area (Å²) in [4.78, 5) is 64.3. The van der Waals surface area contributed by atoms with Gasteiger partial charge in [0, 0.05) is 24.8 Å². The minimum absolute atomic E-state index is 0.133. The molecule has 0 aliphatic carbocycles. The first kappa shape index (κ1) is 27.5. The van der Waals surface area contributed by atoms with E-state index >= 15 is 0 Å². The number of carbonyl (C=O) groups excluding carboxylic acids is 5. The average Bonchev–Trinajstić information content (AvgIpc) is 3.12. The third-order valence-corrected chi connectivity index (χ3v) is 7.40. The van der Waals surface area contributed by atoms with Gasteiger partial charge >= 0.3 is 0 Å². The van der Waals surface area contributed by atoms with Gasteiger partial charge < -0.3 is 10.1 Å². The molecule has 3 amide bonds. The fourth-order valence-corrected chi connectivity index (χ4v) is 5.32. The first-order chi connectivity index (χ1) is 17.3. The Labute approximate surface area is 218 Å². The summed E-state index contributed by atoms with van der Waals surface area (Å²) in [6.07, 6.45) is 2.43. The van der Waals surface area contributed by atoms with Crippen LogP contribution in [0, 0.1) is 0 Å². The number of hydrogen-bond acceptors (Lipinski definition) is 8. The molecule has 1 aliphatic heterocycles. The van der Waals surface area contributed by atoms with Gasteiger partial charge in [-0.25, -0.2) is 0 Å². The normalized spacial score (nSPS) is 14.2. The molecule has 0 fully saturated rings. The topological polar surface area (TPSA) is 110 Å². The summed E-state index contributed by atoms with van der Waals surface area (Å²) in [5.41, 5.74) is 1.18. The molecule has 2 aromatic carbocycles. The lowest BCUT2D eigenvalue weighted by Gasteiger charge is -2.22. The Morgan fingerprint density at radius 2 is 1.61 bits per heavy atom. The first-order valence-corrected chi connectivity index (χ1v) is 13.6. The van der Waals surface area contributed by atoms with Crippen LogP contribution in [0.1, 0.15) is 50.8 Å². The smallest absolute Gasteiger partial charge is 0.261 e. The van der Waals surface area contributed by atoms with Crippen LogP contribution in [0.15, 0.2) is 48.5 Å². The van der Waals surface area contributed by atoms with Gasteiger partial charge in [0.15, 0.2) is 10.9 Å². The van der Waals surface area contributed by atoms with E-state index in [1.165, 1.54) is 30.7 Å². The highest BCUT2D eigenvalue weighted by Crippen LogP contribution is 2.24. The number of imide groups is 1. The molecule has 36 heavy (non-hydrogen) atoms. The summed E-state index contributed by atoms with van der Waals surface area (Å²) >= 11 is 2.30. The van der Waals surface area contributed by atoms with Gasteiger partial charge in [-0.3, -0.25) is 28.9 Å². The number of ether oxygens (including phenoxy) is 1. The Bertz CT molecular complexity index is 1120. The molecule has 0 saturated carbocycles. The SMILES string of the molecule is COc1ccc(C(=O)[C@H](CSC)NC(=O)[C@H](CCCN2C(=O)c3ccccc3C2=O)SC(C)=O)cc1. The Hall–Kier alpha value is -3.11. The van der Waals surface area contributed by atoms with Crippen molar-refractivity contribution in [1.29, 1.82) is 0 Å². The van der Waals surface area contributed by atoms with Gasteiger partial charge in [0.05, 0.1) is 23.5 Å². The molecule has 0 spiro atoms. The number of methoxy groups -OCH3 is 1. The van der Waals surface area contributed by atoms with Crippen LogP contribution >= 0.6 is 23.5 Å². The lowest BCUT2D eigenvalue weighted by molar-refractivity contribution is -0.121. The second-order valence-electron chi connectivity index (χ2n) is 8.16. The molecule has 0 unspecified atom stereocenters. The number of nitrogens with one attached hydrogen (secondary N) is 1. The third kappa shape index (κ3) is 6.55. The van der Waals surface area contributed by atoms with Crippen molar-refractivity contribution in [2.75, 3.05) is 25.7 Å². The number of Topliss-reactive ketones (excluding diaryl/α,β-unsaturated/α-hetero) is 1. The second-order valence-corrected chi connectivity index (χ2v) is 10.4. The van der Waals surface area contributed by atoms with Crippen LogP contribution < -0.4 is 10.1 Å². The summed E-state index contributed by atoms with van der Waals surface area (Å²) in [7, 11) is 1.54. The van der Waals surface area contributed by atoms with E-state index in [0.29, 0.717) is 34.6 Å². The Kier molecular flexibility index (Phi) is 9.72. The average molecular weight is 529 g/mol. The van der Waals surface area contributed by atoms with Crippen LogP contribution in [0.2, 0.25) is 0 Å². The number of fused-ring (bicyclic) bond motifs is 1. The van der Waals surface area contributed by atoms with Gasteiger partial charge in [0.1, 0.15) is 11.8 Å². The Balaban J connectivity index is 1.64. The summed E-state index contributed by atoms with van der Waals surface area (Å²) in [6.45, 7) is 1.50. The molecule has 2 aromatic rings. The van der Waals surface area contributed by atoms with Gasteiger partial charge in [-0.1, -0.05) is 23.9 Å². The van der Waals surface area contributed by atoms with E-state index in [1.807, 2.05) is 6.26 Å². The van der Waals surface area contributed by atoms with Crippen molar-refractivity contribution in [3.63, 3.8) is 0 Å². The van der Waals surface area contributed by atoms with E-state index in [0.717, 1.165) is 11.8 Å². The van der Waals surface area contributed by atoms with Crippen molar-refractivity contribution in [3.8, 4) is 5.75 Å². The Morgan fingerprint density at radius 1 is 1.00 bits per heavy atom. The molecular weight excluding hydrogens is 500 g/mol. The predicted molar refractivity (Wildman–Crippen MR) is 141 cm³/mol. The molecule has 0 radical (unpaired) electrons. The quantitative estimate of drug-likeness (QED) is 0.330. The number of carbonyl (C=O) groups is 5. The molecule has 3 rings (SSSR count). The lowest BCUT2D eigenvalue weighted by atomic mass is 10.0. The Morgan fingerprint density at radius 3 is 2.14 bits per heavy atom. The minimum Gasteiger partial charge on any atom is -0.497 e. The lowest BCUT2D eigenvalue weighted by Crippen LogP contribution is -2.46. The molecular formula is C26H28N2O6S2. The van der Waals surface area contributed by atoms with Crippen molar-refractivity contribution in [2.24, 2.45) is 0 Å². The molecule has 8 nitrogen and oxygen atoms in total. The van der Waals surface area contributed by atoms with Crippen molar-refractivity contribution in [1.82, 2.24) is 10.2 Å². The van der Waals surface area contributed by atoms with Crippen LogP contribution in [0.3, 0.4) is 0 Å². The number of hydrogen-bond donors (Lipinski definition) is 1. The summed E-state index contributed by atoms with van der Waals surface area (Å²) in [5, 5.41) is 1.80. The molecule has 1 N–H and O–H groups in total. The number of benzene rings is 2. The second kappa shape index (κ2) is 12.7. The molecule has 190 valence electrons. The number of thioether (sulfide) groups is 2. The van der Waals surface area contributed by atoms with Gasteiger partial charge in [0.25, 0.3) is 11.8 Å². The fraction of sp³-hybridized carbons (Fsp3) is 0.346. The van der Waals surface area contributed by atoms with Crippen molar-refractivity contribution < 1.29 is 28.7 Å². The van der Waals surface area contributed by atoms with E-state index in [2.05, 4.69) is 5.32 Å².